The molecule has 100 valence electrons. The van der Waals surface area contributed by atoms with Crippen molar-refractivity contribution in [3.8, 4) is 0 Å². The van der Waals surface area contributed by atoms with Crippen molar-refractivity contribution in [3.05, 3.63) is 0 Å². The number of ether oxygens (including phenoxy) is 2. The van der Waals surface area contributed by atoms with E-state index in [0.29, 0.717) is 17.6 Å². The highest BCUT2D eigenvalue weighted by molar-refractivity contribution is 7.80. The first-order valence-corrected chi connectivity index (χ1v) is 6.46. The maximum Gasteiger partial charge on any atom is 0.329 e. The highest BCUT2D eigenvalue weighted by Gasteiger charge is 2.08. The fourth-order valence-electron chi connectivity index (χ4n) is 1.37. The lowest BCUT2D eigenvalue weighted by Crippen LogP contribution is -2.18. The lowest BCUT2D eigenvalue weighted by Gasteiger charge is -2.15. The number of aliphatic carboxylic acids is 1. The minimum atomic E-state index is -0.998. The molecule has 0 amide bonds. The average Bonchev–Trinajstić information content (AvgIpc) is 2.29. The van der Waals surface area contributed by atoms with E-state index in [2.05, 4.69) is 13.8 Å². The number of rotatable bonds is 10. The summed E-state index contributed by atoms with van der Waals surface area (Å²) in [7, 11) is 0. The molecule has 17 heavy (non-hydrogen) atoms. The zero-order valence-electron chi connectivity index (χ0n) is 10.6. The van der Waals surface area contributed by atoms with Gasteiger partial charge in [0.05, 0.1) is 6.61 Å². The summed E-state index contributed by atoms with van der Waals surface area (Å²) in [5, 5.41) is 8.71. The first-order valence-electron chi connectivity index (χ1n) is 6.05. The van der Waals surface area contributed by atoms with Gasteiger partial charge < -0.3 is 14.6 Å². The van der Waals surface area contributed by atoms with E-state index in [1.807, 2.05) is 0 Å². The molecule has 1 atom stereocenters. The molecule has 0 heterocycles. The molecule has 0 radical (unpaired) electrons. The minimum absolute atomic E-state index is 0.0752. The Hall–Kier alpha value is -0.680. The minimum Gasteiger partial charge on any atom is -0.484 e. The second-order valence-corrected chi connectivity index (χ2v) is 4.44. The molecule has 0 saturated carbocycles. The Balaban J connectivity index is 3.62. The van der Waals surface area contributed by atoms with Crippen LogP contribution in [0.1, 0.15) is 39.5 Å². The highest BCUT2D eigenvalue weighted by Crippen LogP contribution is 2.12. The van der Waals surface area contributed by atoms with E-state index in [0.717, 1.165) is 12.8 Å². The number of carbonyl (C=O) groups is 1. The Morgan fingerprint density at radius 2 is 2.06 bits per heavy atom. The van der Waals surface area contributed by atoms with E-state index in [9.17, 15) is 4.79 Å². The normalized spacial score (nSPS) is 12.1. The zero-order chi connectivity index (χ0) is 13.1. The van der Waals surface area contributed by atoms with Crippen molar-refractivity contribution in [3.63, 3.8) is 0 Å². The average molecular weight is 262 g/mol. The lowest BCUT2D eigenvalue weighted by molar-refractivity contribution is -0.141. The van der Waals surface area contributed by atoms with Gasteiger partial charge in [-0.15, -0.1) is 0 Å². The van der Waals surface area contributed by atoms with Crippen LogP contribution in [0.25, 0.3) is 0 Å². The third-order valence-electron chi connectivity index (χ3n) is 2.47. The van der Waals surface area contributed by atoms with E-state index < -0.39 is 5.97 Å². The highest BCUT2D eigenvalue weighted by atomic mass is 32.1. The van der Waals surface area contributed by atoms with Gasteiger partial charge in [-0.05, 0) is 24.6 Å². The molecular formula is C12H22O4S. The first-order chi connectivity index (χ1) is 8.10. The van der Waals surface area contributed by atoms with Gasteiger partial charge in [0, 0.05) is 0 Å². The molecule has 0 aliphatic rings. The van der Waals surface area contributed by atoms with Gasteiger partial charge in [-0.3, -0.25) is 0 Å². The summed E-state index contributed by atoms with van der Waals surface area (Å²) >= 11 is 4.94. The van der Waals surface area contributed by atoms with E-state index in [4.69, 9.17) is 26.8 Å². The Morgan fingerprint density at radius 1 is 1.35 bits per heavy atom. The predicted octanol–water partition coefficient (Wildman–Crippen LogP) is 2.65. The molecule has 0 aromatic rings. The standard InChI is InChI=1S/C12H22O4S/c1-3-5-6-10(4-2)7-16-12(17)9-15-8-11(13)14/h10H,3-9H2,1-2H3,(H,13,14). The molecular weight excluding hydrogens is 240 g/mol. The van der Waals surface area contributed by atoms with Crippen molar-refractivity contribution in [1.29, 1.82) is 0 Å². The van der Waals surface area contributed by atoms with Crippen LogP contribution in [-0.2, 0) is 14.3 Å². The van der Waals surface area contributed by atoms with Crippen LogP contribution in [0.4, 0.5) is 0 Å². The second-order valence-electron chi connectivity index (χ2n) is 3.99. The topological polar surface area (TPSA) is 55.8 Å². The van der Waals surface area contributed by atoms with E-state index in [-0.39, 0.29) is 13.2 Å². The van der Waals surface area contributed by atoms with Crippen molar-refractivity contribution < 1.29 is 19.4 Å². The third kappa shape index (κ3) is 10.2. The number of thiocarbonyl (C=S) groups is 1. The Labute approximate surface area is 108 Å². The number of hydrogen-bond acceptors (Lipinski definition) is 4. The van der Waals surface area contributed by atoms with Gasteiger partial charge >= 0.3 is 5.97 Å². The maximum absolute atomic E-state index is 10.2. The van der Waals surface area contributed by atoms with E-state index in [1.165, 1.54) is 12.8 Å². The predicted molar refractivity (Wildman–Crippen MR) is 70.3 cm³/mol. The summed E-state index contributed by atoms with van der Waals surface area (Å²) in [6.45, 7) is 4.64. The number of carboxylic acid groups (broad SMARTS) is 1. The molecule has 0 fully saturated rings. The fourth-order valence-corrected chi connectivity index (χ4v) is 1.52. The van der Waals surface area contributed by atoms with Crippen molar-refractivity contribution in [2.45, 2.75) is 39.5 Å². The van der Waals surface area contributed by atoms with Gasteiger partial charge in [0.15, 0.2) is 5.05 Å². The monoisotopic (exact) mass is 262 g/mol. The molecule has 1 unspecified atom stereocenters. The summed E-state index contributed by atoms with van der Waals surface area (Å²) < 4.78 is 10.2. The van der Waals surface area contributed by atoms with Crippen LogP contribution in [-0.4, -0.2) is 35.9 Å². The molecule has 0 aliphatic carbocycles. The van der Waals surface area contributed by atoms with Crippen LogP contribution in [0.5, 0.6) is 0 Å². The quantitative estimate of drug-likeness (QED) is 0.613. The lowest BCUT2D eigenvalue weighted by atomic mass is 10.0. The zero-order valence-corrected chi connectivity index (χ0v) is 11.4. The summed E-state index contributed by atoms with van der Waals surface area (Å²) in [5.74, 6) is -0.477. The van der Waals surface area contributed by atoms with Crippen molar-refractivity contribution in [2.24, 2.45) is 5.92 Å². The van der Waals surface area contributed by atoms with Crippen LogP contribution in [0.3, 0.4) is 0 Å². The summed E-state index contributed by atoms with van der Waals surface area (Å²) in [5.41, 5.74) is 0. The largest absolute Gasteiger partial charge is 0.484 e. The van der Waals surface area contributed by atoms with Crippen molar-refractivity contribution in [2.75, 3.05) is 19.8 Å². The maximum atomic E-state index is 10.2. The van der Waals surface area contributed by atoms with E-state index >= 15 is 0 Å². The van der Waals surface area contributed by atoms with Crippen LogP contribution < -0.4 is 0 Å². The SMILES string of the molecule is CCCCC(CC)COC(=S)COCC(=O)O. The van der Waals surface area contributed by atoms with Gasteiger partial charge in [-0.1, -0.05) is 33.1 Å². The molecule has 0 saturated heterocycles. The van der Waals surface area contributed by atoms with Crippen LogP contribution >= 0.6 is 12.2 Å². The van der Waals surface area contributed by atoms with Crippen LogP contribution in [0, 0.1) is 5.92 Å². The molecule has 5 heteroatoms. The second kappa shape index (κ2) is 10.5. The van der Waals surface area contributed by atoms with Gasteiger partial charge in [0.2, 0.25) is 0 Å². The number of hydrogen-bond donors (Lipinski definition) is 1. The summed E-state index contributed by atoms with van der Waals surface area (Å²) in [6, 6.07) is 0. The Morgan fingerprint density at radius 3 is 2.59 bits per heavy atom. The van der Waals surface area contributed by atoms with Gasteiger partial charge in [0.1, 0.15) is 13.2 Å². The molecule has 0 aromatic carbocycles. The summed E-state index contributed by atoms with van der Waals surface area (Å²) in [6.07, 6.45) is 4.59. The Bertz CT molecular complexity index is 231. The number of carboxylic acids is 1. The van der Waals surface area contributed by atoms with Gasteiger partial charge in [-0.2, -0.15) is 0 Å². The van der Waals surface area contributed by atoms with Gasteiger partial charge in [-0.25, -0.2) is 4.79 Å². The fraction of sp³-hybridized carbons (Fsp3) is 0.833. The van der Waals surface area contributed by atoms with Crippen molar-refractivity contribution in [1.82, 2.24) is 0 Å². The molecule has 0 aliphatic heterocycles. The van der Waals surface area contributed by atoms with Gasteiger partial charge in [0.25, 0.3) is 0 Å². The van der Waals surface area contributed by atoms with E-state index in [1.54, 1.807) is 0 Å². The third-order valence-corrected chi connectivity index (χ3v) is 2.70. The molecule has 0 aromatic heterocycles. The first kappa shape index (κ1) is 16.3. The number of unbranched alkanes of at least 4 members (excludes halogenated alkanes) is 1. The van der Waals surface area contributed by atoms with Crippen LogP contribution in [0.15, 0.2) is 0 Å². The van der Waals surface area contributed by atoms with Crippen LogP contribution in [0.2, 0.25) is 0 Å². The summed E-state index contributed by atoms with van der Waals surface area (Å²) in [4.78, 5) is 10.2. The molecule has 0 spiro atoms. The molecule has 0 rings (SSSR count). The molecule has 1 N–H and O–H groups in total. The smallest absolute Gasteiger partial charge is 0.329 e. The van der Waals surface area contributed by atoms with Crippen molar-refractivity contribution >= 4 is 23.2 Å². The Kier molecular flexibility index (Phi) is 10.1. The molecule has 0 bridgehead atoms. The molecule has 4 nitrogen and oxygen atoms in total.